The van der Waals surface area contributed by atoms with Crippen LogP contribution < -0.4 is 10.0 Å². The van der Waals surface area contributed by atoms with Crippen LogP contribution in [0.25, 0.3) is 0 Å². The average Bonchev–Trinajstić information content (AvgIpc) is 2.95. The van der Waals surface area contributed by atoms with Crippen molar-refractivity contribution in [2.75, 3.05) is 27.2 Å². The third-order valence-corrected chi connectivity index (χ3v) is 5.38. The Morgan fingerprint density at radius 3 is 2.64 bits per heavy atom. The molecule has 0 atom stereocenters. The standard InChI is InChI=1S/C17H27N5O2S/c1-14-16(12-18-2)17(21-20-14)25(23,24)19-10-7-11-22(3)13-15-8-5-4-6-9-15/h4-6,8-9,18-19H,7,10-13H2,1-3H3,(H,20,21). The van der Waals surface area contributed by atoms with Gasteiger partial charge in [0, 0.05) is 30.9 Å². The third kappa shape index (κ3) is 5.64. The van der Waals surface area contributed by atoms with Gasteiger partial charge >= 0.3 is 0 Å². The number of sulfonamides is 1. The van der Waals surface area contributed by atoms with Gasteiger partial charge in [0.2, 0.25) is 0 Å². The first-order valence-corrected chi connectivity index (χ1v) is 9.83. The predicted molar refractivity (Wildman–Crippen MR) is 98.7 cm³/mol. The van der Waals surface area contributed by atoms with Crippen molar-refractivity contribution < 1.29 is 8.42 Å². The Hall–Kier alpha value is -1.74. The summed E-state index contributed by atoms with van der Waals surface area (Å²) >= 11 is 0. The van der Waals surface area contributed by atoms with Crippen LogP contribution >= 0.6 is 0 Å². The van der Waals surface area contributed by atoms with Gasteiger partial charge in [0.05, 0.1) is 0 Å². The number of H-pyrrole nitrogens is 1. The number of rotatable bonds is 10. The molecule has 0 amide bonds. The van der Waals surface area contributed by atoms with E-state index in [2.05, 4.69) is 37.3 Å². The van der Waals surface area contributed by atoms with E-state index in [0.717, 1.165) is 25.2 Å². The first kappa shape index (κ1) is 19.6. The van der Waals surface area contributed by atoms with Crippen molar-refractivity contribution in [1.82, 2.24) is 25.1 Å². The van der Waals surface area contributed by atoms with E-state index in [9.17, 15) is 8.42 Å². The van der Waals surface area contributed by atoms with Gasteiger partial charge in [-0.15, -0.1) is 0 Å². The quantitative estimate of drug-likeness (QED) is 0.551. The number of nitrogens with zero attached hydrogens (tertiary/aromatic N) is 2. The topological polar surface area (TPSA) is 90.1 Å². The SMILES string of the molecule is CNCc1c(S(=O)(=O)NCCCN(C)Cc2ccccc2)n[nH]c1C. The Balaban J connectivity index is 1.82. The molecule has 2 rings (SSSR count). The summed E-state index contributed by atoms with van der Waals surface area (Å²) in [4.78, 5) is 2.18. The van der Waals surface area contributed by atoms with Crippen molar-refractivity contribution >= 4 is 10.0 Å². The zero-order valence-electron chi connectivity index (χ0n) is 15.0. The molecule has 0 saturated heterocycles. The molecule has 0 fully saturated rings. The van der Waals surface area contributed by atoms with E-state index < -0.39 is 10.0 Å². The Kier molecular flexibility index (Phi) is 7.12. The van der Waals surface area contributed by atoms with Gasteiger partial charge in [-0.2, -0.15) is 5.10 Å². The molecule has 0 saturated carbocycles. The van der Waals surface area contributed by atoms with Gasteiger partial charge < -0.3 is 10.2 Å². The summed E-state index contributed by atoms with van der Waals surface area (Å²) in [7, 11) is 0.208. The summed E-state index contributed by atoms with van der Waals surface area (Å²) in [5, 5.41) is 9.75. The van der Waals surface area contributed by atoms with Gasteiger partial charge in [-0.3, -0.25) is 5.10 Å². The molecule has 0 bridgehead atoms. The average molecular weight is 366 g/mol. The van der Waals surface area contributed by atoms with E-state index in [4.69, 9.17) is 0 Å². The van der Waals surface area contributed by atoms with E-state index in [1.165, 1.54) is 5.56 Å². The van der Waals surface area contributed by atoms with Crippen LogP contribution in [0, 0.1) is 6.92 Å². The molecule has 0 radical (unpaired) electrons. The van der Waals surface area contributed by atoms with Crippen molar-refractivity contribution in [1.29, 1.82) is 0 Å². The second-order valence-electron chi connectivity index (χ2n) is 6.14. The van der Waals surface area contributed by atoms with Crippen molar-refractivity contribution in [2.45, 2.75) is 31.5 Å². The normalized spacial score (nSPS) is 12.0. The van der Waals surface area contributed by atoms with E-state index in [1.807, 2.05) is 32.2 Å². The van der Waals surface area contributed by atoms with Crippen LogP contribution in [0.1, 0.15) is 23.2 Å². The highest BCUT2D eigenvalue weighted by Gasteiger charge is 2.22. The van der Waals surface area contributed by atoms with Crippen LogP contribution in [0.3, 0.4) is 0 Å². The molecule has 0 spiro atoms. The van der Waals surface area contributed by atoms with Gasteiger partial charge in [0.1, 0.15) is 0 Å². The highest BCUT2D eigenvalue weighted by molar-refractivity contribution is 7.89. The van der Waals surface area contributed by atoms with Crippen LogP contribution in [0.4, 0.5) is 0 Å². The van der Waals surface area contributed by atoms with Crippen molar-refractivity contribution in [3.8, 4) is 0 Å². The Labute approximate surface area is 149 Å². The van der Waals surface area contributed by atoms with E-state index in [-0.39, 0.29) is 5.03 Å². The van der Waals surface area contributed by atoms with Crippen LogP contribution in [0.5, 0.6) is 0 Å². The summed E-state index contributed by atoms with van der Waals surface area (Å²) < 4.78 is 27.5. The van der Waals surface area contributed by atoms with Crippen LogP contribution in [0.2, 0.25) is 0 Å². The molecule has 25 heavy (non-hydrogen) atoms. The molecule has 0 aliphatic heterocycles. The van der Waals surface area contributed by atoms with Crippen LogP contribution in [-0.2, 0) is 23.1 Å². The number of hydrogen-bond acceptors (Lipinski definition) is 5. The molecule has 0 aliphatic rings. The fraction of sp³-hybridized carbons (Fsp3) is 0.471. The highest BCUT2D eigenvalue weighted by atomic mass is 32.2. The monoisotopic (exact) mass is 365 g/mol. The molecule has 1 aromatic carbocycles. The first-order chi connectivity index (χ1) is 11.9. The zero-order valence-corrected chi connectivity index (χ0v) is 15.9. The minimum atomic E-state index is -3.60. The third-order valence-electron chi connectivity index (χ3n) is 3.95. The lowest BCUT2D eigenvalue weighted by Gasteiger charge is -2.16. The fourth-order valence-corrected chi connectivity index (χ4v) is 3.90. The fourth-order valence-electron chi connectivity index (χ4n) is 2.64. The van der Waals surface area contributed by atoms with E-state index in [1.54, 1.807) is 7.05 Å². The highest BCUT2D eigenvalue weighted by Crippen LogP contribution is 2.15. The van der Waals surface area contributed by atoms with E-state index in [0.29, 0.717) is 18.7 Å². The molecule has 2 aromatic rings. The van der Waals surface area contributed by atoms with Crippen molar-refractivity contribution in [3.63, 3.8) is 0 Å². The lowest BCUT2D eigenvalue weighted by molar-refractivity contribution is 0.322. The Bertz CT molecular complexity index is 759. The van der Waals surface area contributed by atoms with Crippen LogP contribution in [0.15, 0.2) is 35.4 Å². The molecular formula is C17H27N5O2S. The van der Waals surface area contributed by atoms with Gasteiger partial charge in [0.25, 0.3) is 10.0 Å². The minimum Gasteiger partial charge on any atom is -0.316 e. The summed E-state index contributed by atoms with van der Waals surface area (Å²) in [6, 6.07) is 10.2. The maximum absolute atomic E-state index is 12.4. The molecule has 7 nitrogen and oxygen atoms in total. The smallest absolute Gasteiger partial charge is 0.260 e. The number of hydrogen-bond donors (Lipinski definition) is 3. The summed E-state index contributed by atoms with van der Waals surface area (Å²) in [6.07, 6.45) is 0.729. The molecule has 1 heterocycles. The number of aromatic amines is 1. The van der Waals surface area contributed by atoms with Gasteiger partial charge in [0.15, 0.2) is 5.03 Å². The van der Waals surface area contributed by atoms with Crippen LogP contribution in [-0.4, -0.2) is 50.7 Å². The van der Waals surface area contributed by atoms with Gasteiger partial charge in [-0.05, 0) is 39.5 Å². The summed E-state index contributed by atoms with van der Waals surface area (Å²) in [6.45, 7) is 4.31. The molecule has 1 aromatic heterocycles. The molecule has 0 aliphatic carbocycles. The zero-order chi connectivity index (χ0) is 18.3. The predicted octanol–water partition coefficient (Wildman–Crippen LogP) is 1.24. The summed E-state index contributed by atoms with van der Waals surface area (Å²) in [5.74, 6) is 0. The molecular weight excluding hydrogens is 338 g/mol. The largest absolute Gasteiger partial charge is 0.316 e. The lowest BCUT2D eigenvalue weighted by atomic mass is 10.2. The maximum Gasteiger partial charge on any atom is 0.260 e. The Morgan fingerprint density at radius 2 is 1.96 bits per heavy atom. The molecule has 138 valence electrons. The Morgan fingerprint density at radius 1 is 1.24 bits per heavy atom. The number of nitrogens with one attached hydrogen (secondary N) is 3. The number of benzene rings is 1. The lowest BCUT2D eigenvalue weighted by Crippen LogP contribution is -2.29. The van der Waals surface area contributed by atoms with Gasteiger partial charge in [-0.1, -0.05) is 30.3 Å². The summed E-state index contributed by atoms with van der Waals surface area (Å²) in [5.41, 5.74) is 2.68. The number of aromatic nitrogens is 2. The minimum absolute atomic E-state index is 0.0805. The number of aryl methyl sites for hydroxylation is 1. The first-order valence-electron chi connectivity index (χ1n) is 8.34. The second-order valence-corrected chi connectivity index (χ2v) is 7.82. The molecule has 3 N–H and O–H groups in total. The van der Waals surface area contributed by atoms with E-state index >= 15 is 0 Å². The molecule has 0 unspecified atom stereocenters. The van der Waals surface area contributed by atoms with Crippen molar-refractivity contribution in [3.05, 3.63) is 47.2 Å². The molecule has 8 heteroatoms. The van der Waals surface area contributed by atoms with Gasteiger partial charge in [-0.25, -0.2) is 13.1 Å². The van der Waals surface area contributed by atoms with Crippen molar-refractivity contribution in [2.24, 2.45) is 0 Å². The maximum atomic E-state index is 12.4. The second kappa shape index (κ2) is 9.10.